The van der Waals surface area contributed by atoms with Gasteiger partial charge in [-0.05, 0) is 24.1 Å². The molecule has 5 heteroatoms. The number of nitrogens with one attached hydrogen (secondary N) is 1. The number of amides is 1. The van der Waals surface area contributed by atoms with Gasteiger partial charge in [0.05, 0.1) is 6.61 Å². The summed E-state index contributed by atoms with van der Waals surface area (Å²) in [4.78, 5) is 18.3. The summed E-state index contributed by atoms with van der Waals surface area (Å²) in [5, 5.41) is 2.87. The monoisotopic (exact) mass is 313 g/mol. The van der Waals surface area contributed by atoms with Gasteiger partial charge in [-0.15, -0.1) is 0 Å². The molecular formula is C18H23N3O2. The molecule has 1 heterocycles. The minimum Gasteiger partial charge on any atom is -0.364 e. The third kappa shape index (κ3) is 5.38. The molecule has 0 aliphatic heterocycles. The van der Waals surface area contributed by atoms with Gasteiger partial charge in [0, 0.05) is 26.8 Å². The zero-order chi connectivity index (χ0) is 16.7. The number of nitrogens with zero attached hydrogens (tertiary/aromatic N) is 2. The minimum atomic E-state index is -0.496. The van der Waals surface area contributed by atoms with Crippen molar-refractivity contribution in [2.45, 2.75) is 26.2 Å². The number of anilines is 1. The van der Waals surface area contributed by atoms with Gasteiger partial charge in [0.15, 0.2) is 0 Å². The largest absolute Gasteiger partial charge is 0.364 e. The molecule has 2 rings (SSSR count). The van der Waals surface area contributed by atoms with E-state index in [1.54, 1.807) is 13.1 Å². The quantitative estimate of drug-likeness (QED) is 0.852. The van der Waals surface area contributed by atoms with Crippen LogP contribution in [-0.2, 0) is 22.7 Å². The van der Waals surface area contributed by atoms with Gasteiger partial charge in [0.2, 0.25) is 5.91 Å². The number of rotatable bonds is 7. The first kappa shape index (κ1) is 17.0. The van der Waals surface area contributed by atoms with E-state index in [-0.39, 0.29) is 5.91 Å². The SMILES string of the molecule is CC(OCc1ccccc1)C(=O)NCc1ccc(N(C)C)nc1. The summed E-state index contributed by atoms with van der Waals surface area (Å²) < 4.78 is 5.59. The molecule has 0 saturated carbocycles. The van der Waals surface area contributed by atoms with Gasteiger partial charge in [-0.25, -0.2) is 4.98 Å². The van der Waals surface area contributed by atoms with E-state index < -0.39 is 6.10 Å². The average molecular weight is 313 g/mol. The van der Waals surface area contributed by atoms with Crippen LogP contribution in [0.2, 0.25) is 0 Å². The molecule has 0 saturated heterocycles. The van der Waals surface area contributed by atoms with Crippen LogP contribution in [0.4, 0.5) is 5.82 Å². The highest BCUT2D eigenvalue weighted by atomic mass is 16.5. The lowest BCUT2D eigenvalue weighted by atomic mass is 10.2. The van der Waals surface area contributed by atoms with Crippen LogP contribution in [-0.4, -0.2) is 31.1 Å². The summed E-state index contributed by atoms with van der Waals surface area (Å²) in [6.45, 7) is 2.62. The molecule has 1 atom stereocenters. The molecule has 2 aromatic rings. The van der Waals surface area contributed by atoms with Crippen LogP contribution < -0.4 is 10.2 Å². The molecule has 1 unspecified atom stereocenters. The molecule has 1 aromatic carbocycles. The Bertz CT molecular complexity index is 612. The summed E-state index contributed by atoms with van der Waals surface area (Å²) in [6.07, 6.45) is 1.27. The zero-order valence-electron chi connectivity index (χ0n) is 13.8. The van der Waals surface area contributed by atoms with Gasteiger partial charge in [-0.2, -0.15) is 0 Å². The first-order valence-electron chi connectivity index (χ1n) is 7.62. The summed E-state index contributed by atoms with van der Waals surface area (Å²) in [6, 6.07) is 13.7. The maximum absolute atomic E-state index is 12.0. The fourth-order valence-corrected chi connectivity index (χ4v) is 1.99. The van der Waals surface area contributed by atoms with Gasteiger partial charge in [0.25, 0.3) is 0 Å². The molecule has 122 valence electrons. The van der Waals surface area contributed by atoms with Crippen molar-refractivity contribution in [3.8, 4) is 0 Å². The molecule has 5 nitrogen and oxygen atoms in total. The van der Waals surface area contributed by atoms with E-state index >= 15 is 0 Å². The second-order valence-corrected chi connectivity index (χ2v) is 5.58. The topological polar surface area (TPSA) is 54.5 Å². The predicted octanol–water partition coefficient (Wildman–Crippen LogP) is 2.37. The summed E-state index contributed by atoms with van der Waals surface area (Å²) in [5.74, 6) is 0.761. The van der Waals surface area contributed by atoms with E-state index in [9.17, 15) is 4.79 Å². The molecule has 0 aliphatic carbocycles. The number of benzene rings is 1. The number of hydrogen-bond donors (Lipinski definition) is 1. The van der Waals surface area contributed by atoms with Crippen molar-refractivity contribution in [3.05, 3.63) is 59.8 Å². The highest BCUT2D eigenvalue weighted by molar-refractivity contribution is 5.80. The Morgan fingerprint density at radius 1 is 1.17 bits per heavy atom. The van der Waals surface area contributed by atoms with Crippen molar-refractivity contribution in [3.63, 3.8) is 0 Å². The van der Waals surface area contributed by atoms with Crippen LogP contribution in [0.15, 0.2) is 48.7 Å². The predicted molar refractivity (Wildman–Crippen MR) is 91.1 cm³/mol. The third-order valence-corrected chi connectivity index (χ3v) is 3.45. The standard InChI is InChI=1S/C18H23N3O2/c1-14(23-13-15-7-5-4-6-8-15)18(22)20-12-16-9-10-17(19-11-16)21(2)3/h4-11,14H,12-13H2,1-3H3,(H,20,22). The number of carbonyl (C=O) groups excluding carboxylic acids is 1. The number of carbonyl (C=O) groups is 1. The smallest absolute Gasteiger partial charge is 0.249 e. The van der Waals surface area contributed by atoms with Crippen LogP contribution in [0.3, 0.4) is 0 Å². The Balaban J connectivity index is 1.77. The van der Waals surface area contributed by atoms with Gasteiger partial charge in [0.1, 0.15) is 11.9 Å². The molecule has 23 heavy (non-hydrogen) atoms. The van der Waals surface area contributed by atoms with Crippen molar-refractivity contribution >= 4 is 11.7 Å². The summed E-state index contributed by atoms with van der Waals surface area (Å²) >= 11 is 0. The first-order valence-corrected chi connectivity index (χ1v) is 7.62. The molecule has 0 spiro atoms. The Labute approximate surface area is 137 Å². The second-order valence-electron chi connectivity index (χ2n) is 5.58. The van der Waals surface area contributed by atoms with Crippen LogP contribution >= 0.6 is 0 Å². The lowest BCUT2D eigenvalue weighted by molar-refractivity contribution is -0.132. The molecule has 1 amide bonds. The van der Waals surface area contributed by atoms with E-state index in [0.29, 0.717) is 13.2 Å². The Morgan fingerprint density at radius 2 is 1.91 bits per heavy atom. The number of ether oxygens (including phenoxy) is 1. The number of aromatic nitrogens is 1. The molecule has 0 aliphatic rings. The lowest BCUT2D eigenvalue weighted by Gasteiger charge is -2.14. The number of hydrogen-bond acceptors (Lipinski definition) is 4. The fourth-order valence-electron chi connectivity index (χ4n) is 1.99. The van der Waals surface area contributed by atoms with Crippen LogP contribution in [0.1, 0.15) is 18.1 Å². The Morgan fingerprint density at radius 3 is 2.52 bits per heavy atom. The molecule has 1 N–H and O–H groups in total. The normalized spacial score (nSPS) is 11.8. The van der Waals surface area contributed by atoms with Crippen LogP contribution in [0.5, 0.6) is 0 Å². The van der Waals surface area contributed by atoms with Gasteiger partial charge in [-0.3, -0.25) is 4.79 Å². The number of pyridine rings is 1. The van der Waals surface area contributed by atoms with E-state index in [0.717, 1.165) is 16.9 Å². The van der Waals surface area contributed by atoms with Gasteiger partial charge in [-0.1, -0.05) is 36.4 Å². The highest BCUT2D eigenvalue weighted by Crippen LogP contribution is 2.08. The Kier molecular flexibility index (Phi) is 6.11. The van der Waals surface area contributed by atoms with Gasteiger partial charge < -0.3 is 15.0 Å². The van der Waals surface area contributed by atoms with Crippen molar-refractivity contribution in [2.24, 2.45) is 0 Å². The molecule has 0 radical (unpaired) electrons. The average Bonchev–Trinajstić information content (AvgIpc) is 2.58. The highest BCUT2D eigenvalue weighted by Gasteiger charge is 2.13. The zero-order valence-corrected chi connectivity index (χ0v) is 13.8. The second kappa shape index (κ2) is 8.29. The van der Waals surface area contributed by atoms with Gasteiger partial charge >= 0.3 is 0 Å². The molecule has 0 fully saturated rings. The van der Waals surface area contributed by atoms with E-state index in [4.69, 9.17) is 4.74 Å². The lowest BCUT2D eigenvalue weighted by Crippen LogP contribution is -2.34. The maximum Gasteiger partial charge on any atom is 0.249 e. The third-order valence-electron chi connectivity index (χ3n) is 3.45. The van der Waals surface area contributed by atoms with Crippen molar-refractivity contribution in [1.82, 2.24) is 10.3 Å². The van der Waals surface area contributed by atoms with E-state index in [2.05, 4.69) is 10.3 Å². The van der Waals surface area contributed by atoms with Crippen molar-refractivity contribution < 1.29 is 9.53 Å². The maximum atomic E-state index is 12.0. The Hall–Kier alpha value is -2.40. The summed E-state index contributed by atoms with van der Waals surface area (Å²) in [5.41, 5.74) is 2.01. The summed E-state index contributed by atoms with van der Waals surface area (Å²) in [7, 11) is 3.88. The minimum absolute atomic E-state index is 0.127. The van der Waals surface area contributed by atoms with Crippen LogP contribution in [0.25, 0.3) is 0 Å². The van der Waals surface area contributed by atoms with Crippen molar-refractivity contribution in [1.29, 1.82) is 0 Å². The van der Waals surface area contributed by atoms with Crippen LogP contribution in [0, 0.1) is 0 Å². The van der Waals surface area contributed by atoms with E-state index in [1.165, 1.54) is 0 Å². The molecular weight excluding hydrogens is 290 g/mol. The fraction of sp³-hybridized carbons (Fsp3) is 0.333. The first-order chi connectivity index (χ1) is 11.1. The molecule has 1 aromatic heterocycles. The molecule has 0 bridgehead atoms. The van der Waals surface area contributed by atoms with Crippen molar-refractivity contribution in [2.75, 3.05) is 19.0 Å². The van der Waals surface area contributed by atoms with E-state index in [1.807, 2.05) is 61.5 Å².